The van der Waals surface area contributed by atoms with Crippen molar-refractivity contribution in [2.75, 3.05) is 13.1 Å². The van der Waals surface area contributed by atoms with Crippen LogP contribution in [0.2, 0.25) is 0 Å². The van der Waals surface area contributed by atoms with Crippen LogP contribution in [0.1, 0.15) is 37.4 Å². The smallest absolute Gasteiger partial charge is 0.251 e. The van der Waals surface area contributed by atoms with Gasteiger partial charge in [0, 0.05) is 37.3 Å². The molecule has 25 heavy (non-hydrogen) atoms. The van der Waals surface area contributed by atoms with Gasteiger partial charge in [-0.05, 0) is 42.3 Å². The molecule has 0 aliphatic carbocycles. The molecular formula is C19H22ClN3O2. The Kier molecular flexibility index (Phi) is 6.56. The molecule has 132 valence electrons. The van der Waals surface area contributed by atoms with E-state index in [-0.39, 0.29) is 24.2 Å². The Morgan fingerprint density at radius 1 is 0.880 bits per heavy atom. The van der Waals surface area contributed by atoms with E-state index in [1.54, 1.807) is 12.1 Å². The van der Waals surface area contributed by atoms with Crippen molar-refractivity contribution in [1.82, 2.24) is 16.0 Å². The van der Waals surface area contributed by atoms with Crippen molar-refractivity contribution < 1.29 is 9.59 Å². The first kappa shape index (κ1) is 19.0. The molecule has 0 unspecified atom stereocenters. The predicted molar refractivity (Wildman–Crippen MR) is 100 cm³/mol. The molecule has 2 aromatic rings. The number of halogens is 1. The van der Waals surface area contributed by atoms with Gasteiger partial charge in [-0.25, -0.2) is 0 Å². The van der Waals surface area contributed by atoms with Gasteiger partial charge in [0.25, 0.3) is 11.8 Å². The van der Waals surface area contributed by atoms with E-state index in [1.807, 2.05) is 37.3 Å². The molecule has 0 spiro atoms. The van der Waals surface area contributed by atoms with E-state index in [4.69, 9.17) is 0 Å². The second-order valence-corrected chi connectivity index (χ2v) is 5.96. The molecule has 0 radical (unpaired) electrons. The molecule has 0 saturated carbocycles. The number of carbonyl (C=O) groups excluding carboxylic acids is 2. The van der Waals surface area contributed by atoms with E-state index in [0.717, 1.165) is 18.7 Å². The number of carbonyl (C=O) groups is 2. The van der Waals surface area contributed by atoms with Crippen LogP contribution in [0, 0.1) is 6.92 Å². The van der Waals surface area contributed by atoms with Crippen LogP contribution in [0.25, 0.3) is 0 Å². The van der Waals surface area contributed by atoms with Gasteiger partial charge in [0.05, 0.1) is 0 Å². The number of rotatable bonds is 5. The van der Waals surface area contributed by atoms with E-state index < -0.39 is 0 Å². The second-order valence-electron chi connectivity index (χ2n) is 5.96. The molecule has 2 amide bonds. The number of hydrogen-bond donors (Lipinski definition) is 3. The lowest BCUT2D eigenvalue weighted by molar-refractivity contribution is 0.0927. The summed E-state index contributed by atoms with van der Waals surface area (Å²) in [5, 5.41) is 8.89. The van der Waals surface area contributed by atoms with Crippen LogP contribution in [-0.4, -0.2) is 24.9 Å². The SMILES string of the molecule is Cc1ccc(C(=O)NCCNC(=O)c2ccc3c(c2)CNC3)cc1.Cl. The monoisotopic (exact) mass is 359 g/mol. The highest BCUT2D eigenvalue weighted by molar-refractivity contribution is 5.95. The minimum Gasteiger partial charge on any atom is -0.350 e. The van der Waals surface area contributed by atoms with Gasteiger partial charge in [0.15, 0.2) is 0 Å². The van der Waals surface area contributed by atoms with Crippen molar-refractivity contribution in [2.45, 2.75) is 20.0 Å². The number of benzene rings is 2. The normalized spacial score (nSPS) is 12.0. The highest BCUT2D eigenvalue weighted by Gasteiger charge is 2.13. The summed E-state index contributed by atoms with van der Waals surface area (Å²) in [5.41, 5.74) is 4.82. The molecular weight excluding hydrogens is 338 g/mol. The first-order valence-electron chi connectivity index (χ1n) is 8.09. The van der Waals surface area contributed by atoms with Gasteiger partial charge in [-0.2, -0.15) is 0 Å². The maximum absolute atomic E-state index is 12.2. The topological polar surface area (TPSA) is 70.2 Å². The first-order valence-corrected chi connectivity index (χ1v) is 8.09. The fourth-order valence-corrected chi connectivity index (χ4v) is 2.70. The molecule has 2 aromatic carbocycles. The number of nitrogens with one attached hydrogen (secondary N) is 3. The van der Waals surface area contributed by atoms with Gasteiger partial charge < -0.3 is 16.0 Å². The number of fused-ring (bicyclic) bond motifs is 1. The summed E-state index contributed by atoms with van der Waals surface area (Å²) in [6.07, 6.45) is 0. The van der Waals surface area contributed by atoms with Crippen LogP contribution < -0.4 is 16.0 Å². The highest BCUT2D eigenvalue weighted by atomic mass is 35.5. The average Bonchev–Trinajstić information content (AvgIpc) is 3.06. The highest BCUT2D eigenvalue weighted by Crippen LogP contribution is 2.16. The average molecular weight is 360 g/mol. The van der Waals surface area contributed by atoms with E-state index in [9.17, 15) is 9.59 Å². The lowest BCUT2D eigenvalue weighted by Crippen LogP contribution is -2.34. The molecule has 1 aliphatic heterocycles. The molecule has 1 heterocycles. The number of aryl methyl sites for hydroxylation is 1. The van der Waals surface area contributed by atoms with Crippen molar-refractivity contribution in [3.63, 3.8) is 0 Å². The molecule has 1 aliphatic rings. The fourth-order valence-electron chi connectivity index (χ4n) is 2.70. The Morgan fingerprint density at radius 2 is 1.44 bits per heavy atom. The molecule has 0 aromatic heterocycles. The molecule has 6 heteroatoms. The molecule has 3 rings (SSSR count). The van der Waals surface area contributed by atoms with Crippen LogP contribution in [-0.2, 0) is 13.1 Å². The van der Waals surface area contributed by atoms with E-state index in [0.29, 0.717) is 24.2 Å². The Bertz CT molecular complexity index is 760. The van der Waals surface area contributed by atoms with Crippen LogP contribution >= 0.6 is 12.4 Å². The molecule has 0 atom stereocenters. The zero-order chi connectivity index (χ0) is 16.9. The fraction of sp³-hybridized carbons (Fsp3) is 0.263. The molecule has 0 bridgehead atoms. The number of amides is 2. The molecule has 3 N–H and O–H groups in total. The zero-order valence-electron chi connectivity index (χ0n) is 14.1. The summed E-state index contributed by atoms with van der Waals surface area (Å²) in [5.74, 6) is -0.248. The maximum Gasteiger partial charge on any atom is 0.251 e. The summed E-state index contributed by atoms with van der Waals surface area (Å²) in [6, 6.07) is 13.1. The van der Waals surface area contributed by atoms with E-state index in [2.05, 4.69) is 16.0 Å². The minimum absolute atomic E-state index is 0. The van der Waals surface area contributed by atoms with Gasteiger partial charge in [-0.3, -0.25) is 9.59 Å². The quantitative estimate of drug-likeness (QED) is 0.717. The lowest BCUT2D eigenvalue weighted by Gasteiger charge is -2.08. The summed E-state index contributed by atoms with van der Waals surface area (Å²) in [7, 11) is 0. The zero-order valence-corrected chi connectivity index (χ0v) is 14.9. The van der Waals surface area contributed by atoms with Crippen LogP contribution in [0.3, 0.4) is 0 Å². The molecule has 0 saturated heterocycles. The van der Waals surface area contributed by atoms with Crippen LogP contribution in [0.15, 0.2) is 42.5 Å². The predicted octanol–water partition coefficient (Wildman–Crippen LogP) is 2.18. The first-order chi connectivity index (χ1) is 11.6. The van der Waals surface area contributed by atoms with Gasteiger partial charge in [0.2, 0.25) is 0 Å². The van der Waals surface area contributed by atoms with Crippen molar-refractivity contribution in [3.05, 3.63) is 70.3 Å². The lowest BCUT2D eigenvalue weighted by atomic mass is 10.1. The van der Waals surface area contributed by atoms with Crippen LogP contribution in [0.4, 0.5) is 0 Å². The summed E-state index contributed by atoms with van der Waals surface area (Å²) < 4.78 is 0. The molecule has 0 fully saturated rings. The Hall–Kier alpha value is -2.37. The van der Waals surface area contributed by atoms with Gasteiger partial charge >= 0.3 is 0 Å². The van der Waals surface area contributed by atoms with E-state index >= 15 is 0 Å². The van der Waals surface area contributed by atoms with Crippen molar-refractivity contribution >= 4 is 24.2 Å². The van der Waals surface area contributed by atoms with Crippen LogP contribution in [0.5, 0.6) is 0 Å². The summed E-state index contributed by atoms with van der Waals surface area (Å²) >= 11 is 0. The second kappa shape index (κ2) is 8.65. The Morgan fingerprint density at radius 3 is 2.12 bits per heavy atom. The summed E-state index contributed by atoms with van der Waals surface area (Å²) in [6.45, 7) is 4.44. The standard InChI is InChI=1S/C19H21N3O2.ClH/c1-13-2-4-14(5-3-13)18(23)21-8-9-22-19(24)15-6-7-16-11-20-12-17(16)10-15;/h2-7,10,20H,8-9,11-12H2,1H3,(H,21,23)(H,22,24);1H. The van der Waals surface area contributed by atoms with Crippen molar-refractivity contribution in [1.29, 1.82) is 0 Å². The van der Waals surface area contributed by atoms with Gasteiger partial charge in [-0.15, -0.1) is 12.4 Å². The summed E-state index contributed by atoms with van der Waals surface area (Å²) in [4.78, 5) is 24.1. The maximum atomic E-state index is 12.2. The van der Waals surface area contributed by atoms with Gasteiger partial charge in [-0.1, -0.05) is 23.8 Å². The van der Waals surface area contributed by atoms with Gasteiger partial charge in [0.1, 0.15) is 0 Å². The third-order valence-corrected chi connectivity index (χ3v) is 4.11. The molecule has 5 nitrogen and oxygen atoms in total. The number of hydrogen-bond acceptors (Lipinski definition) is 3. The van der Waals surface area contributed by atoms with E-state index in [1.165, 1.54) is 11.1 Å². The van der Waals surface area contributed by atoms with Crippen molar-refractivity contribution in [3.8, 4) is 0 Å². The Balaban J connectivity index is 0.00000225. The third-order valence-electron chi connectivity index (χ3n) is 4.11. The third kappa shape index (κ3) is 4.81. The largest absolute Gasteiger partial charge is 0.350 e. The van der Waals surface area contributed by atoms with Crippen molar-refractivity contribution in [2.24, 2.45) is 0 Å². The minimum atomic E-state index is -0.132. The Labute approximate surface area is 153 Å².